The molecule has 2 aliphatic heterocycles. The van der Waals surface area contributed by atoms with Crippen molar-refractivity contribution in [3.8, 4) is 0 Å². The van der Waals surface area contributed by atoms with Crippen LogP contribution >= 0.6 is 22.7 Å². The summed E-state index contributed by atoms with van der Waals surface area (Å²) in [5.74, 6) is -1.96. The van der Waals surface area contributed by atoms with Crippen LogP contribution in [0.25, 0.3) is 0 Å². The van der Waals surface area contributed by atoms with E-state index in [0.717, 1.165) is 108 Å². The lowest BCUT2D eigenvalue weighted by molar-refractivity contribution is -0.141. The first-order valence-corrected chi connectivity index (χ1v) is 34.5. The summed E-state index contributed by atoms with van der Waals surface area (Å²) in [6.07, 6.45) is 11.4. The zero-order valence-electron chi connectivity index (χ0n) is 52.3. The molecule has 90 heavy (non-hydrogen) atoms. The van der Waals surface area contributed by atoms with Gasteiger partial charge in [0.15, 0.2) is 0 Å². The second-order valence-electron chi connectivity index (χ2n) is 25.5. The van der Waals surface area contributed by atoms with Gasteiger partial charge in [-0.3, -0.25) is 28.8 Å². The van der Waals surface area contributed by atoms with Crippen LogP contribution in [0.4, 0.5) is 0 Å². The van der Waals surface area contributed by atoms with Crippen LogP contribution in [0.5, 0.6) is 0 Å². The molecule has 7 aromatic rings. The zero-order chi connectivity index (χ0) is 62.7. The summed E-state index contributed by atoms with van der Waals surface area (Å²) >= 11 is 3.05. The largest absolute Gasteiger partial charge is 0.347 e. The van der Waals surface area contributed by atoms with E-state index < -0.39 is 42.2 Å². The number of carbonyl (C=O) groups excluding carboxylic acids is 6. The van der Waals surface area contributed by atoms with Crippen molar-refractivity contribution in [3.05, 3.63) is 211 Å². The van der Waals surface area contributed by atoms with Gasteiger partial charge < -0.3 is 31.1 Å². The number of nitrogens with zero attached hydrogens (tertiary/aromatic N) is 4. The monoisotopic (exact) mass is 1250 g/mol. The highest BCUT2D eigenvalue weighted by molar-refractivity contribution is 7.10. The van der Waals surface area contributed by atoms with E-state index >= 15 is 9.59 Å². The molecule has 5 aromatic carbocycles. The summed E-state index contributed by atoms with van der Waals surface area (Å²) in [4.78, 5) is 101. The molecule has 4 N–H and O–H groups in total. The van der Waals surface area contributed by atoms with Crippen molar-refractivity contribution in [3.63, 3.8) is 0 Å². The van der Waals surface area contributed by atoms with Gasteiger partial charge in [-0.1, -0.05) is 174 Å². The smallest absolute Gasteiger partial charge is 0.251 e. The van der Waals surface area contributed by atoms with E-state index in [1.807, 2.05) is 103 Å². The van der Waals surface area contributed by atoms with Crippen LogP contribution in [-0.2, 0) is 19.2 Å². The normalized spacial score (nSPS) is 20.3. The third kappa shape index (κ3) is 14.9. The fourth-order valence-electron chi connectivity index (χ4n) is 14.2. The topological polar surface area (TPSA) is 183 Å². The number of Topliss-reactive ketones (excluding diaryl/α,β-unsaturated/α-hetero) is 1. The number of amides is 5. The third-order valence-corrected chi connectivity index (χ3v) is 21.6. The van der Waals surface area contributed by atoms with Gasteiger partial charge in [0.2, 0.25) is 17.7 Å². The fourth-order valence-corrected chi connectivity index (χ4v) is 16.2. The Morgan fingerprint density at radius 3 is 1.33 bits per heavy atom. The Bertz CT molecular complexity index is 3220. The molecular weight excluding hydrogens is 1160 g/mol. The molecular formula is C74H86N8O6S2. The van der Waals surface area contributed by atoms with Crippen molar-refractivity contribution in [2.24, 2.45) is 23.7 Å². The van der Waals surface area contributed by atoms with Gasteiger partial charge in [0, 0.05) is 65.3 Å². The highest BCUT2D eigenvalue weighted by Gasteiger charge is 2.46. The fraction of sp³-hybridized carbons (Fsp3) is 0.432. The van der Waals surface area contributed by atoms with Gasteiger partial charge >= 0.3 is 0 Å². The molecule has 4 fully saturated rings. The maximum atomic E-state index is 15.4. The predicted molar refractivity (Wildman–Crippen MR) is 355 cm³/mol. The Kier molecular flexibility index (Phi) is 21.3. The summed E-state index contributed by atoms with van der Waals surface area (Å²) in [5.41, 5.74) is 6.89. The maximum Gasteiger partial charge on any atom is 0.251 e. The van der Waals surface area contributed by atoms with Crippen LogP contribution < -0.4 is 21.3 Å². The predicted octanol–water partition coefficient (Wildman–Crippen LogP) is 13.0. The average molecular weight is 1250 g/mol. The highest BCUT2D eigenvalue weighted by atomic mass is 32.1. The van der Waals surface area contributed by atoms with Gasteiger partial charge in [-0.25, -0.2) is 9.97 Å². The molecule has 5 amide bonds. The summed E-state index contributed by atoms with van der Waals surface area (Å²) in [6.45, 7) is 6.21. The Hall–Kier alpha value is -7.66. The third-order valence-electron chi connectivity index (χ3n) is 19.6. The number of nitrogens with one attached hydrogen (secondary N) is 4. The molecule has 0 spiro atoms. The molecule has 16 heteroatoms. The molecule has 2 aromatic heterocycles. The molecule has 4 heterocycles. The van der Waals surface area contributed by atoms with Crippen LogP contribution in [0.2, 0.25) is 0 Å². The second kappa shape index (κ2) is 30.0. The molecule has 2 saturated carbocycles. The van der Waals surface area contributed by atoms with E-state index in [1.54, 1.807) is 31.3 Å². The van der Waals surface area contributed by atoms with E-state index in [9.17, 15) is 19.2 Å². The van der Waals surface area contributed by atoms with Crippen LogP contribution in [0, 0.1) is 23.7 Å². The molecule has 0 radical (unpaired) electrons. The summed E-state index contributed by atoms with van der Waals surface area (Å²) in [5, 5.41) is 18.6. The van der Waals surface area contributed by atoms with Crippen LogP contribution in [-0.4, -0.2) is 99.4 Å². The van der Waals surface area contributed by atoms with E-state index in [4.69, 9.17) is 9.97 Å². The van der Waals surface area contributed by atoms with Gasteiger partial charge in [0.05, 0.1) is 41.3 Å². The minimum absolute atomic E-state index is 0.00862. The van der Waals surface area contributed by atoms with E-state index in [0.29, 0.717) is 30.4 Å². The van der Waals surface area contributed by atoms with Gasteiger partial charge in [-0.15, -0.1) is 22.7 Å². The molecule has 4 aliphatic rings. The van der Waals surface area contributed by atoms with Crippen molar-refractivity contribution >= 4 is 58.0 Å². The van der Waals surface area contributed by atoms with E-state index in [2.05, 4.69) is 80.6 Å². The first-order valence-electron chi connectivity index (χ1n) is 32.8. The molecule has 470 valence electrons. The van der Waals surface area contributed by atoms with Crippen molar-refractivity contribution in [2.75, 3.05) is 20.1 Å². The molecule has 11 rings (SSSR count). The molecule has 2 saturated heterocycles. The summed E-state index contributed by atoms with van der Waals surface area (Å²) in [6, 6.07) is 45.0. The highest BCUT2D eigenvalue weighted by Crippen LogP contribution is 2.43. The second-order valence-corrected chi connectivity index (χ2v) is 27.3. The minimum Gasteiger partial charge on any atom is -0.347 e. The number of benzene rings is 5. The maximum absolute atomic E-state index is 15.4. The Morgan fingerprint density at radius 1 is 0.533 bits per heavy atom. The first kappa shape index (κ1) is 63.9. The van der Waals surface area contributed by atoms with Gasteiger partial charge in [-0.2, -0.15) is 0 Å². The summed E-state index contributed by atoms with van der Waals surface area (Å²) < 4.78 is 0. The van der Waals surface area contributed by atoms with Crippen LogP contribution in [0.1, 0.15) is 199 Å². The number of thiazole rings is 2. The molecule has 8 atom stereocenters. The van der Waals surface area contributed by atoms with Crippen LogP contribution in [0.15, 0.2) is 156 Å². The Labute approximate surface area is 538 Å². The van der Waals surface area contributed by atoms with Crippen molar-refractivity contribution in [2.45, 2.75) is 159 Å². The van der Waals surface area contributed by atoms with Crippen molar-refractivity contribution in [1.82, 2.24) is 41.0 Å². The molecule has 0 unspecified atom stereocenters. The number of ketones is 1. The SMILES string of the molecule is CC[C@@H](C)C(=O)N[C@H](C(=O)N1C[C@@H](NC(=O)c2ccc(C(=O)N[C@H]3C[C@@H](c4nc(C(c5ccccc5)c5ccccc5)cs4)N(C(=O)[C@@H](CC(=O)[C@H](C)NC)C4CCCCC4)C3)cc2)C[C@H]1c1nc(C(c2ccccc2)c2ccccc2)cs1)C1CCCCC1. The first-order chi connectivity index (χ1) is 43.8. The number of rotatable bonds is 23. The minimum atomic E-state index is -0.707. The van der Waals surface area contributed by atoms with E-state index in [1.165, 1.54) is 22.7 Å². The molecule has 14 nitrogen and oxygen atoms in total. The van der Waals surface area contributed by atoms with Gasteiger partial charge in [0.1, 0.15) is 21.8 Å². The average Bonchev–Trinajstić information content (AvgIpc) is 1.73. The zero-order valence-corrected chi connectivity index (χ0v) is 53.9. The van der Waals surface area contributed by atoms with Crippen molar-refractivity contribution < 1.29 is 28.8 Å². The van der Waals surface area contributed by atoms with Gasteiger partial charge in [-0.05, 0) is 117 Å². The van der Waals surface area contributed by atoms with E-state index in [-0.39, 0.29) is 84.4 Å². The van der Waals surface area contributed by atoms with Crippen LogP contribution in [0.3, 0.4) is 0 Å². The number of carbonyl (C=O) groups is 6. The Morgan fingerprint density at radius 2 is 0.933 bits per heavy atom. The Balaban J connectivity index is 0.829. The number of hydrogen-bond acceptors (Lipinski definition) is 11. The summed E-state index contributed by atoms with van der Waals surface area (Å²) in [7, 11) is 1.77. The lowest BCUT2D eigenvalue weighted by Gasteiger charge is -2.35. The number of aromatic nitrogens is 2. The lowest BCUT2D eigenvalue weighted by atomic mass is 9.76. The number of hydrogen-bond donors (Lipinski definition) is 4. The van der Waals surface area contributed by atoms with Crippen molar-refractivity contribution in [1.29, 1.82) is 0 Å². The quantitative estimate of drug-likeness (QED) is 0.0484. The standard InChI is InChI=1S/C74H86N8O6S2/c1-5-47(2)68(84)80-67(54-34-22-11-23-35-54)74(88)82-44-58(41-63(82)72-79-61(46-90-72)66(52-30-18-9-19-31-52)53-32-20-10-21-33-53)77-70(86)56-38-36-55(37-39-56)69(85)76-57-40-62(81(43-57)73(87)59(42-64(83)48(3)75-4)49-24-12-6-13-25-49)71-78-60(45-89-71)65(50-26-14-7-15-27-50)51-28-16-8-17-29-51/h7-10,14-21,26-33,36-39,45-49,54,57-59,62-63,65-67,75H,5-6,11-13,22-25,34-35,40-44H2,1-4H3,(H,76,85)(H,77,86)(H,80,84)/t47-,48+,57+,58+,59+,62+,63+,67+/m1/s1. The number of likely N-dealkylation sites (N-methyl/N-ethyl adjacent to an activating group) is 1. The number of likely N-dealkylation sites (tertiary alicyclic amines) is 2. The molecule has 2 aliphatic carbocycles. The van der Waals surface area contributed by atoms with Gasteiger partial charge in [0.25, 0.3) is 11.8 Å². The molecule has 0 bridgehead atoms. The lowest BCUT2D eigenvalue weighted by Crippen LogP contribution is -2.54.